The monoisotopic (exact) mass is 343 g/mol. The normalized spacial score (nSPS) is 11.3. The lowest BCUT2D eigenvalue weighted by molar-refractivity contribution is 0.281. The van der Waals surface area contributed by atoms with Crippen LogP contribution in [0.5, 0.6) is 0 Å². The topological polar surface area (TPSA) is 92.2 Å². The van der Waals surface area contributed by atoms with Crippen molar-refractivity contribution in [3.05, 3.63) is 47.0 Å². The molecule has 0 saturated heterocycles. The van der Waals surface area contributed by atoms with Crippen LogP contribution in [0.4, 0.5) is 5.69 Å². The Kier molecular flexibility index (Phi) is 4.13. The van der Waals surface area contributed by atoms with Gasteiger partial charge in [-0.1, -0.05) is 6.07 Å². The molecule has 0 atom stereocenters. The van der Waals surface area contributed by atoms with Gasteiger partial charge in [0.25, 0.3) is 10.0 Å². The van der Waals surface area contributed by atoms with Crippen LogP contribution in [0.2, 0.25) is 0 Å². The average molecular weight is 344 g/mol. The van der Waals surface area contributed by atoms with E-state index in [0.717, 1.165) is 0 Å². The summed E-state index contributed by atoms with van der Waals surface area (Å²) in [5.41, 5.74) is 0.775. The summed E-state index contributed by atoms with van der Waals surface area (Å²) in [5.74, 6) is 0. The minimum atomic E-state index is -3.76. The second kappa shape index (κ2) is 5.64. The first kappa shape index (κ1) is 13.9. The van der Waals surface area contributed by atoms with Gasteiger partial charge < -0.3 is 5.11 Å². The van der Waals surface area contributed by atoms with Gasteiger partial charge in [0.15, 0.2) is 0 Å². The highest BCUT2D eigenvalue weighted by Crippen LogP contribution is 2.25. The van der Waals surface area contributed by atoms with E-state index in [9.17, 15) is 8.42 Å². The Balaban J connectivity index is 2.39. The summed E-state index contributed by atoms with van der Waals surface area (Å²) in [6, 6.07) is 4.60. The largest absolute Gasteiger partial charge is 0.392 e. The predicted molar refractivity (Wildman–Crippen MR) is 72.9 cm³/mol. The summed E-state index contributed by atoms with van der Waals surface area (Å²) >= 11 is 3.18. The molecule has 0 bridgehead atoms. The van der Waals surface area contributed by atoms with Gasteiger partial charge in [-0.25, -0.2) is 18.4 Å². The average Bonchev–Trinajstić information content (AvgIpc) is 2.39. The molecule has 0 fully saturated rings. The summed E-state index contributed by atoms with van der Waals surface area (Å²) in [6.07, 6.45) is 4.02. The van der Waals surface area contributed by atoms with E-state index >= 15 is 0 Å². The van der Waals surface area contributed by atoms with Gasteiger partial charge in [0.1, 0.15) is 11.2 Å². The highest BCUT2D eigenvalue weighted by molar-refractivity contribution is 9.10. The molecule has 1 aromatic heterocycles. The van der Waals surface area contributed by atoms with Crippen LogP contribution in [0.3, 0.4) is 0 Å². The van der Waals surface area contributed by atoms with Gasteiger partial charge in [0.05, 0.1) is 24.7 Å². The molecule has 0 aliphatic heterocycles. The second-order valence-corrected chi connectivity index (χ2v) is 6.16. The lowest BCUT2D eigenvalue weighted by Gasteiger charge is -2.10. The number of rotatable bonds is 4. The van der Waals surface area contributed by atoms with Crippen LogP contribution in [0.1, 0.15) is 5.56 Å². The summed E-state index contributed by atoms with van der Waals surface area (Å²) in [4.78, 5) is 7.50. The van der Waals surface area contributed by atoms with Crippen molar-refractivity contribution in [2.75, 3.05) is 4.72 Å². The van der Waals surface area contributed by atoms with Crippen molar-refractivity contribution in [2.45, 2.75) is 11.5 Å². The van der Waals surface area contributed by atoms with Gasteiger partial charge in [-0.05, 0) is 33.6 Å². The molecule has 0 amide bonds. The van der Waals surface area contributed by atoms with Gasteiger partial charge in [0.2, 0.25) is 0 Å². The van der Waals surface area contributed by atoms with E-state index in [1.807, 2.05) is 0 Å². The number of hydrogen-bond donors (Lipinski definition) is 2. The molecule has 19 heavy (non-hydrogen) atoms. The lowest BCUT2D eigenvalue weighted by Crippen LogP contribution is -2.14. The number of sulfonamides is 1. The molecule has 8 heteroatoms. The van der Waals surface area contributed by atoms with Crippen LogP contribution >= 0.6 is 15.9 Å². The zero-order valence-corrected chi connectivity index (χ0v) is 12.0. The third-order valence-electron chi connectivity index (χ3n) is 2.28. The maximum Gasteiger partial charge on any atom is 0.263 e. The van der Waals surface area contributed by atoms with Crippen LogP contribution in [-0.4, -0.2) is 23.5 Å². The molecule has 6 nitrogen and oxygen atoms in total. The van der Waals surface area contributed by atoms with Crippen molar-refractivity contribution in [2.24, 2.45) is 0 Å². The molecule has 2 rings (SSSR count). The summed E-state index contributed by atoms with van der Waals surface area (Å²) in [5, 5.41) is 9.06. The van der Waals surface area contributed by atoms with E-state index < -0.39 is 10.0 Å². The molecular formula is C11H10BrN3O3S. The predicted octanol–water partition coefficient (Wildman–Crippen LogP) is 1.53. The van der Waals surface area contributed by atoms with Crippen molar-refractivity contribution in [1.29, 1.82) is 0 Å². The van der Waals surface area contributed by atoms with Crippen molar-refractivity contribution in [3.63, 3.8) is 0 Å². The van der Waals surface area contributed by atoms with Crippen molar-refractivity contribution in [3.8, 4) is 0 Å². The van der Waals surface area contributed by atoms with Gasteiger partial charge >= 0.3 is 0 Å². The first-order valence-corrected chi connectivity index (χ1v) is 7.47. The minimum Gasteiger partial charge on any atom is -0.392 e. The highest BCUT2D eigenvalue weighted by Gasteiger charge is 2.18. The first-order chi connectivity index (χ1) is 9.03. The Morgan fingerprint density at radius 3 is 2.58 bits per heavy atom. The van der Waals surface area contributed by atoms with Crippen LogP contribution in [-0.2, 0) is 16.6 Å². The number of benzene rings is 1. The Labute approximate surface area is 118 Å². The van der Waals surface area contributed by atoms with Crippen LogP contribution in [0, 0.1) is 0 Å². The number of aliphatic hydroxyl groups is 1. The van der Waals surface area contributed by atoms with E-state index in [0.29, 0.717) is 10.0 Å². The highest BCUT2D eigenvalue weighted by atomic mass is 79.9. The quantitative estimate of drug-likeness (QED) is 0.878. The number of anilines is 1. The molecule has 2 N–H and O–H groups in total. The third kappa shape index (κ3) is 3.28. The molecule has 0 aliphatic carbocycles. The van der Waals surface area contributed by atoms with Gasteiger partial charge in [0, 0.05) is 4.47 Å². The van der Waals surface area contributed by atoms with E-state index in [1.165, 1.54) is 24.8 Å². The zero-order chi connectivity index (χ0) is 13.9. The molecule has 0 saturated carbocycles. The van der Waals surface area contributed by atoms with Crippen LogP contribution in [0.15, 0.2) is 46.3 Å². The van der Waals surface area contributed by atoms with Crippen LogP contribution in [0.25, 0.3) is 0 Å². The summed E-state index contributed by atoms with van der Waals surface area (Å²) in [6.45, 7) is -0.232. The molecule has 0 radical (unpaired) electrons. The van der Waals surface area contributed by atoms with E-state index in [2.05, 4.69) is 30.6 Å². The fraction of sp³-hybridized carbons (Fsp3) is 0.0909. The summed E-state index contributed by atoms with van der Waals surface area (Å²) < 4.78 is 27.2. The van der Waals surface area contributed by atoms with Gasteiger partial charge in [-0.15, -0.1) is 0 Å². The second-order valence-electron chi connectivity index (χ2n) is 3.66. The zero-order valence-electron chi connectivity index (χ0n) is 9.62. The van der Waals surface area contributed by atoms with E-state index in [1.54, 1.807) is 12.1 Å². The molecular weight excluding hydrogens is 334 g/mol. The Bertz CT molecular complexity index is 677. The number of aliphatic hydroxyl groups excluding tert-OH is 1. The molecule has 100 valence electrons. The molecule has 2 aromatic rings. The number of nitrogens with one attached hydrogen (secondary N) is 1. The smallest absolute Gasteiger partial charge is 0.263 e. The maximum atomic E-state index is 12.2. The number of halogens is 1. The van der Waals surface area contributed by atoms with E-state index in [4.69, 9.17) is 5.11 Å². The summed E-state index contributed by atoms with van der Waals surface area (Å²) in [7, 11) is -3.76. The van der Waals surface area contributed by atoms with Gasteiger partial charge in [-0.3, -0.25) is 4.72 Å². The lowest BCUT2D eigenvalue weighted by atomic mass is 10.2. The van der Waals surface area contributed by atoms with Crippen molar-refractivity contribution < 1.29 is 13.5 Å². The molecule has 1 heterocycles. The SMILES string of the molecule is O=S(=O)(Nc1cncnc1)c1cc(CO)ccc1Br. The van der Waals surface area contributed by atoms with Gasteiger partial charge in [-0.2, -0.15) is 0 Å². The maximum absolute atomic E-state index is 12.2. The Morgan fingerprint density at radius 1 is 1.26 bits per heavy atom. The first-order valence-electron chi connectivity index (χ1n) is 5.20. The third-order valence-corrected chi connectivity index (χ3v) is 4.66. The van der Waals surface area contributed by atoms with Crippen molar-refractivity contribution >= 4 is 31.6 Å². The molecule has 0 spiro atoms. The van der Waals surface area contributed by atoms with E-state index in [-0.39, 0.29) is 17.2 Å². The van der Waals surface area contributed by atoms with Crippen molar-refractivity contribution in [1.82, 2.24) is 9.97 Å². The molecule has 0 aliphatic rings. The number of hydrogen-bond acceptors (Lipinski definition) is 5. The Hall–Kier alpha value is -1.51. The Morgan fingerprint density at radius 2 is 1.95 bits per heavy atom. The number of nitrogens with zero attached hydrogens (tertiary/aromatic N) is 2. The minimum absolute atomic E-state index is 0.0444. The molecule has 1 aromatic carbocycles. The molecule has 0 unspecified atom stereocenters. The fourth-order valence-electron chi connectivity index (χ4n) is 1.41. The standard InChI is InChI=1S/C11H10BrN3O3S/c12-10-2-1-8(6-16)3-11(10)19(17,18)15-9-4-13-7-14-5-9/h1-5,7,15-16H,6H2. The van der Waals surface area contributed by atoms with Crippen LogP contribution < -0.4 is 4.72 Å². The fourth-order valence-corrected chi connectivity index (χ4v) is 3.46. The number of aromatic nitrogens is 2.